The van der Waals surface area contributed by atoms with E-state index in [-0.39, 0.29) is 54.2 Å². The molecule has 0 bridgehead atoms. The van der Waals surface area contributed by atoms with Gasteiger partial charge in [0.2, 0.25) is 17.7 Å². The number of benzene rings is 1. The summed E-state index contributed by atoms with van der Waals surface area (Å²) in [7, 11) is 0. The van der Waals surface area contributed by atoms with Crippen LogP contribution in [0.25, 0.3) is 0 Å². The van der Waals surface area contributed by atoms with Crippen molar-refractivity contribution in [1.29, 1.82) is 0 Å². The van der Waals surface area contributed by atoms with Crippen molar-refractivity contribution in [2.45, 2.75) is 78.3 Å². The van der Waals surface area contributed by atoms with Crippen LogP contribution in [0.2, 0.25) is 0 Å². The predicted molar refractivity (Wildman–Crippen MR) is 131 cm³/mol. The average Bonchev–Trinajstić information content (AvgIpc) is 3.08. The van der Waals surface area contributed by atoms with E-state index in [1.807, 2.05) is 52.8 Å². The van der Waals surface area contributed by atoms with Gasteiger partial charge in [0.15, 0.2) is 6.29 Å². The Kier molecular flexibility index (Phi) is 7.02. The number of rotatable bonds is 6. The molecule has 2 saturated heterocycles. The minimum atomic E-state index is -0.685. The number of urea groups is 1. The molecule has 0 aromatic heterocycles. The van der Waals surface area contributed by atoms with Crippen LogP contribution < -0.4 is 16.1 Å². The summed E-state index contributed by atoms with van der Waals surface area (Å²) in [5, 5.41) is 7.06. The SMILES string of the molecule is Cc1cccc(NC(=O)CN2NC3N(C(C)C)C(=O)C4CCC(C(=O)NC(C)C)CC4N3C2=O)c1. The molecular weight excluding hydrogens is 448 g/mol. The molecule has 1 aromatic rings. The lowest BCUT2D eigenvalue weighted by atomic mass is 9.75. The third-order valence-corrected chi connectivity index (χ3v) is 6.96. The molecule has 5 amide bonds. The largest absolute Gasteiger partial charge is 0.354 e. The van der Waals surface area contributed by atoms with Gasteiger partial charge in [-0.05, 0) is 71.6 Å². The summed E-state index contributed by atoms with van der Waals surface area (Å²) >= 11 is 0. The van der Waals surface area contributed by atoms with E-state index in [1.54, 1.807) is 15.9 Å². The van der Waals surface area contributed by atoms with E-state index in [1.165, 1.54) is 5.01 Å². The Morgan fingerprint density at radius 1 is 1.14 bits per heavy atom. The van der Waals surface area contributed by atoms with Crippen molar-refractivity contribution < 1.29 is 19.2 Å². The van der Waals surface area contributed by atoms with Crippen molar-refractivity contribution in [3.63, 3.8) is 0 Å². The number of anilines is 1. The molecule has 2 heterocycles. The molecule has 3 aliphatic rings. The van der Waals surface area contributed by atoms with Gasteiger partial charge in [-0.25, -0.2) is 9.80 Å². The van der Waals surface area contributed by atoms with E-state index >= 15 is 0 Å². The number of carbonyl (C=O) groups excluding carboxylic acids is 4. The van der Waals surface area contributed by atoms with Crippen molar-refractivity contribution in [3.8, 4) is 0 Å². The third kappa shape index (κ3) is 4.98. The fourth-order valence-corrected chi connectivity index (χ4v) is 5.43. The predicted octanol–water partition coefficient (Wildman–Crippen LogP) is 2.02. The number of carbonyl (C=O) groups is 4. The van der Waals surface area contributed by atoms with Crippen LogP contribution >= 0.6 is 0 Å². The zero-order valence-electron chi connectivity index (χ0n) is 21.1. The fraction of sp³-hybridized carbons (Fsp3) is 0.600. The number of hydrogen-bond acceptors (Lipinski definition) is 5. The molecule has 4 rings (SSSR count). The number of fused-ring (bicyclic) bond motifs is 3. The molecule has 190 valence electrons. The van der Waals surface area contributed by atoms with Crippen molar-refractivity contribution in [1.82, 2.24) is 25.6 Å². The quantitative estimate of drug-likeness (QED) is 0.572. The number of aryl methyl sites for hydroxylation is 1. The Hall–Kier alpha value is -3.14. The first-order valence-electron chi connectivity index (χ1n) is 12.4. The standard InChI is InChI=1S/C25H36N6O4/c1-14(2)26-22(33)17-9-10-19-20(12-17)31-24(30(15(3)4)23(19)34)28-29(25(31)35)13-21(32)27-18-8-6-7-16(5)11-18/h6-8,11,14-15,17,19-20,24,28H,9-10,12-13H2,1-5H3,(H,26,33)(H,27,32). The van der Waals surface area contributed by atoms with Gasteiger partial charge in [-0.15, -0.1) is 0 Å². The second kappa shape index (κ2) is 9.85. The fourth-order valence-electron chi connectivity index (χ4n) is 5.43. The van der Waals surface area contributed by atoms with E-state index in [2.05, 4.69) is 16.1 Å². The molecule has 4 unspecified atom stereocenters. The number of amides is 5. The van der Waals surface area contributed by atoms with Gasteiger partial charge >= 0.3 is 6.03 Å². The zero-order chi connectivity index (χ0) is 25.4. The molecule has 4 atom stereocenters. The minimum absolute atomic E-state index is 0.0136. The number of hydrogen-bond donors (Lipinski definition) is 3. The Balaban J connectivity index is 1.53. The molecule has 1 aromatic carbocycles. The highest BCUT2D eigenvalue weighted by molar-refractivity contribution is 5.95. The Labute approximate surface area is 206 Å². The maximum atomic E-state index is 13.5. The summed E-state index contributed by atoms with van der Waals surface area (Å²) in [5.74, 6) is -1.01. The Morgan fingerprint density at radius 3 is 2.54 bits per heavy atom. The molecule has 1 aliphatic carbocycles. The first-order valence-corrected chi connectivity index (χ1v) is 12.4. The normalized spacial score (nSPS) is 26.2. The maximum Gasteiger partial charge on any atom is 0.337 e. The molecule has 3 fully saturated rings. The van der Waals surface area contributed by atoms with E-state index in [0.717, 1.165) is 5.56 Å². The smallest absolute Gasteiger partial charge is 0.337 e. The summed E-state index contributed by atoms with van der Waals surface area (Å²) in [6, 6.07) is 6.57. The van der Waals surface area contributed by atoms with Gasteiger partial charge in [0, 0.05) is 29.7 Å². The highest BCUT2D eigenvalue weighted by Gasteiger charge is 2.56. The van der Waals surface area contributed by atoms with E-state index in [9.17, 15) is 19.2 Å². The number of nitrogens with zero attached hydrogens (tertiary/aromatic N) is 3. The number of nitrogens with one attached hydrogen (secondary N) is 3. The average molecular weight is 485 g/mol. The summed E-state index contributed by atoms with van der Waals surface area (Å²) < 4.78 is 0. The lowest BCUT2D eigenvalue weighted by Crippen LogP contribution is -2.68. The van der Waals surface area contributed by atoms with Gasteiger partial charge in [-0.2, -0.15) is 5.43 Å². The van der Waals surface area contributed by atoms with Gasteiger partial charge in [0.1, 0.15) is 6.54 Å². The first-order chi connectivity index (χ1) is 16.6. The van der Waals surface area contributed by atoms with Crippen molar-refractivity contribution in [2.24, 2.45) is 11.8 Å². The van der Waals surface area contributed by atoms with Crippen LogP contribution in [0.4, 0.5) is 10.5 Å². The van der Waals surface area contributed by atoms with Crippen molar-refractivity contribution >= 4 is 29.4 Å². The molecular formula is C25H36N6O4. The van der Waals surface area contributed by atoms with Crippen molar-refractivity contribution in [2.75, 3.05) is 11.9 Å². The molecule has 35 heavy (non-hydrogen) atoms. The van der Waals surface area contributed by atoms with E-state index in [0.29, 0.717) is 24.9 Å². The molecule has 0 radical (unpaired) electrons. The molecule has 10 heteroatoms. The molecule has 10 nitrogen and oxygen atoms in total. The second-order valence-electron chi connectivity index (χ2n) is 10.4. The van der Waals surface area contributed by atoms with E-state index in [4.69, 9.17) is 0 Å². The lowest BCUT2D eigenvalue weighted by molar-refractivity contribution is -0.162. The van der Waals surface area contributed by atoms with Crippen LogP contribution in [0.5, 0.6) is 0 Å². The summed E-state index contributed by atoms with van der Waals surface area (Å²) in [6.07, 6.45) is 0.900. The lowest BCUT2D eigenvalue weighted by Gasteiger charge is -2.51. The van der Waals surface area contributed by atoms with Gasteiger partial charge in [0.05, 0.1) is 5.92 Å². The van der Waals surface area contributed by atoms with Crippen LogP contribution in [0, 0.1) is 18.8 Å². The van der Waals surface area contributed by atoms with Crippen LogP contribution in [0.1, 0.15) is 52.5 Å². The summed E-state index contributed by atoms with van der Waals surface area (Å²) in [6.45, 7) is 9.39. The van der Waals surface area contributed by atoms with Crippen LogP contribution in [0.15, 0.2) is 24.3 Å². The summed E-state index contributed by atoms with van der Waals surface area (Å²) in [4.78, 5) is 55.8. The maximum absolute atomic E-state index is 13.5. The molecule has 3 N–H and O–H groups in total. The second-order valence-corrected chi connectivity index (χ2v) is 10.4. The van der Waals surface area contributed by atoms with Crippen LogP contribution in [0.3, 0.4) is 0 Å². The van der Waals surface area contributed by atoms with Crippen molar-refractivity contribution in [3.05, 3.63) is 29.8 Å². The highest BCUT2D eigenvalue weighted by atomic mass is 16.2. The van der Waals surface area contributed by atoms with Gasteiger partial charge in [-0.3, -0.25) is 19.3 Å². The highest BCUT2D eigenvalue weighted by Crippen LogP contribution is 2.41. The molecule has 2 aliphatic heterocycles. The van der Waals surface area contributed by atoms with Crippen LogP contribution in [-0.4, -0.2) is 69.5 Å². The monoisotopic (exact) mass is 484 g/mol. The van der Waals surface area contributed by atoms with Gasteiger partial charge in [0.25, 0.3) is 0 Å². The summed E-state index contributed by atoms with van der Waals surface area (Å²) in [5.41, 5.74) is 4.77. The molecule has 0 spiro atoms. The first kappa shape index (κ1) is 25.0. The molecule has 1 saturated carbocycles. The topological polar surface area (TPSA) is 114 Å². The minimum Gasteiger partial charge on any atom is -0.354 e. The Morgan fingerprint density at radius 2 is 1.89 bits per heavy atom. The zero-order valence-corrected chi connectivity index (χ0v) is 21.1. The third-order valence-electron chi connectivity index (χ3n) is 6.96. The van der Waals surface area contributed by atoms with Gasteiger partial charge < -0.3 is 15.5 Å². The Bertz CT molecular complexity index is 1010. The van der Waals surface area contributed by atoms with Gasteiger partial charge in [-0.1, -0.05) is 12.1 Å². The van der Waals surface area contributed by atoms with E-state index < -0.39 is 12.3 Å². The van der Waals surface area contributed by atoms with Crippen LogP contribution in [-0.2, 0) is 14.4 Å². The number of hydrazine groups is 1.